The van der Waals surface area contributed by atoms with Gasteiger partial charge in [-0.25, -0.2) is 0 Å². The number of fused-ring (bicyclic) bond motifs is 3. The van der Waals surface area contributed by atoms with Crippen LogP contribution < -0.4 is 0 Å². The summed E-state index contributed by atoms with van der Waals surface area (Å²) in [5.41, 5.74) is 16.7. The SMILES string of the molecule is CC(C)(C)C1=[C]([Zr]2([CH]3c4cc(-c5ccccc5)c(C(C)(C)C)cc4-c4cc(C(C)(C)C)c(-c5ccccc5)cc43)[CH2][CH2]2)CC=C1. The number of allylic oxidation sites excluding steroid dienone is 4. The third-order valence-electron chi connectivity index (χ3n) is 10.8. The van der Waals surface area contributed by atoms with Gasteiger partial charge in [0.25, 0.3) is 0 Å². The second-order valence-electron chi connectivity index (χ2n) is 17.0. The molecule has 45 heavy (non-hydrogen) atoms. The molecule has 3 aliphatic rings. The maximum absolute atomic E-state index is 2.84. The molecule has 1 heteroatoms. The molecule has 0 atom stereocenters. The Hall–Kier alpha value is -2.76. The van der Waals surface area contributed by atoms with Gasteiger partial charge in [-0.3, -0.25) is 0 Å². The summed E-state index contributed by atoms with van der Waals surface area (Å²) < 4.78 is 5.41. The van der Waals surface area contributed by atoms with Crippen LogP contribution in [0.5, 0.6) is 0 Å². The van der Waals surface area contributed by atoms with Crippen LogP contribution in [0.1, 0.15) is 94.6 Å². The molecule has 0 aromatic heterocycles. The number of hydrogen-bond donors (Lipinski definition) is 0. The zero-order chi connectivity index (χ0) is 31.9. The van der Waals surface area contributed by atoms with Gasteiger partial charge in [0.05, 0.1) is 0 Å². The Balaban J connectivity index is 1.56. The standard InChI is InChI=1S/C33H33.C9H13.C2H4.Zr/c1-32(2,3)30-20-26-24(18-28(30)22-13-9-7-10-14-22)17-25-19-29(23-15-11-8-12-16-23)31(21-27(25)26)33(4,5)6;1-9(2,3)8-6-4-5-7-8;1-2;/h7-21H,1-6H3;4,6H,5H2,1-3H3;1-2H2;. The van der Waals surface area contributed by atoms with Crippen LogP contribution in [0, 0.1) is 5.41 Å². The molecule has 1 aliphatic heterocycles. The third-order valence-corrected chi connectivity index (χ3v) is 23.0. The van der Waals surface area contributed by atoms with Gasteiger partial charge in [-0.2, -0.15) is 0 Å². The van der Waals surface area contributed by atoms with Crippen LogP contribution in [0.15, 0.2) is 106 Å². The van der Waals surface area contributed by atoms with E-state index < -0.39 is 20.3 Å². The van der Waals surface area contributed by atoms with Gasteiger partial charge >= 0.3 is 279 Å². The van der Waals surface area contributed by atoms with Crippen LogP contribution in [-0.2, 0) is 31.1 Å². The van der Waals surface area contributed by atoms with E-state index in [9.17, 15) is 0 Å². The van der Waals surface area contributed by atoms with Gasteiger partial charge in [0.15, 0.2) is 0 Å². The summed E-state index contributed by atoms with van der Waals surface area (Å²) in [4.78, 5) is 0. The Morgan fingerprint density at radius 1 is 0.533 bits per heavy atom. The molecular weight excluding hydrogens is 620 g/mol. The summed E-state index contributed by atoms with van der Waals surface area (Å²) >= 11 is -2.84. The molecule has 1 saturated heterocycles. The van der Waals surface area contributed by atoms with Crippen LogP contribution in [0.3, 0.4) is 0 Å². The zero-order valence-corrected chi connectivity index (χ0v) is 31.4. The van der Waals surface area contributed by atoms with Gasteiger partial charge in [-0.05, 0) is 0 Å². The first-order chi connectivity index (χ1) is 21.2. The summed E-state index contributed by atoms with van der Waals surface area (Å²) in [5.74, 6) is 0. The molecule has 1 fully saturated rings. The predicted octanol–water partition coefficient (Wildman–Crippen LogP) is 12.9. The molecule has 7 rings (SSSR count). The predicted molar refractivity (Wildman–Crippen MR) is 192 cm³/mol. The van der Waals surface area contributed by atoms with Gasteiger partial charge in [-0.15, -0.1) is 0 Å². The molecule has 1 heterocycles. The summed E-state index contributed by atoms with van der Waals surface area (Å²) in [6.07, 6.45) is 6.17. The summed E-state index contributed by atoms with van der Waals surface area (Å²) in [6.45, 7) is 21.6. The summed E-state index contributed by atoms with van der Waals surface area (Å²) in [6, 6.07) is 33.0. The van der Waals surface area contributed by atoms with Crippen molar-refractivity contribution in [1.29, 1.82) is 0 Å². The van der Waals surface area contributed by atoms with Crippen molar-refractivity contribution in [3.05, 3.63) is 128 Å². The fourth-order valence-corrected chi connectivity index (χ4v) is 24.6. The van der Waals surface area contributed by atoms with Crippen LogP contribution in [-0.4, -0.2) is 0 Å². The van der Waals surface area contributed by atoms with Gasteiger partial charge in [0.2, 0.25) is 0 Å². The summed E-state index contributed by atoms with van der Waals surface area (Å²) in [7, 11) is 0. The second kappa shape index (κ2) is 10.6. The average molecular weight is 670 g/mol. The van der Waals surface area contributed by atoms with Gasteiger partial charge in [0, 0.05) is 0 Å². The van der Waals surface area contributed by atoms with E-state index in [1.54, 1.807) is 16.7 Å². The van der Waals surface area contributed by atoms with Crippen molar-refractivity contribution in [2.24, 2.45) is 5.41 Å². The molecule has 2 aliphatic carbocycles. The van der Waals surface area contributed by atoms with Crippen molar-refractivity contribution in [2.75, 3.05) is 0 Å². The second-order valence-corrected chi connectivity index (χ2v) is 28.1. The van der Waals surface area contributed by atoms with Crippen LogP contribution in [0.2, 0.25) is 8.26 Å². The normalized spacial score (nSPS) is 17.5. The average Bonchev–Trinajstić information content (AvgIpc) is 3.47. The van der Waals surface area contributed by atoms with E-state index >= 15 is 0 Å². The monoisotopic (exact) mass is 668 g/mol. The fourth-order valence-electron chi connectivity index (χ4n) is 8.47. The van der Waals surface area contributed by atoms with E-state index in [1.165, 1.54) is 59.2 Å². The van der Waals surface area contributed by atoms with Gasteiger partial charge < -0.3 is 0 Å². The first-order valence-electron chi connectivity index (χ1n) is 17.1. The van der Waals surface area contributed by atoms with Crippen LogP contribution in [0.25, 0.3) is 33.4 Å². The number of rotatable bonds is 4. The molecule has 0 radical (unpaired) electrons. The van der Waals surface area contributed by atoms with Crippen molar-refractivity contribution in [3.63, 3.8) is 0 Å². The van der Waals surface area contributed by atoms with Crippen molar-refractivity contribution in [1.82, 2.24) is 0 Å². The van der Waals surface area contributed by atoms with Crippen molar-refractivity contribution in [2.45, 2.75) is 91.4 Å². The van der Waals surface area contributed by atoms with Gasteiger partial charge in [0.1, 0.15) is 0 Å². The molecular formula is C44H50Zr. The Morgan fingerprint density at radius 3 is 1.36 bits per heavy atom. The topological polar surface area (TPSA) is 0 Å². The summed E-state index contributed by atoms with van der Waals surface area (Å²) in [5, 5.41) is 0. The van der Waals surface area contributed by atoms with Crippen molar-refractivity contribution >= 4 is 0 Å². The quantitative estimate of drug-likeness (QED) is 0.203. The van der Waals surface area contributed by atoms with Crippen LogP contribution >= 0.6 is 0 Å². The molecule has 0 amide bonds. The minimum absolute atomic E-state index is 0.0349. The Morgan fingerprint density at radius 2 is 0.978 bits per heavy atom. The first kappa shape index (κ1) is 30.9. The van der Waals surface area contributed by atoms with E-state index in [0.29, 0.717) is 3.63 Å². The molecule has 230 valence electrons. The van der Waals surface area contributed by atoms with E-state index in [-0.39, 0.29) is 16.2 Å². The number of benzene rings is 4. The van der Waals surface area contributed by atoms with E-state index in [1.807, 2.05) is 3.28 Å². The molecule has 0 saturated carbocycles. The molecule has 0 unspecified atom stereocenters. The van der Waals surface area contributed by atoms with E-state index in [2.05, 4.69) is 159 Å². The molecule has 0 bridgehead atoms. The third kappa shape index (κ3) is 5.23. The minimum atomic E-state index is -2.84. The Kier molecular flexibility index (Phi) is 7.30. The number of hydrogen-bond acceptors (Lipinski definition) is 0. The Bertz CT molecular complexity index is 1740. The first-order valence-corrected chi connectivity index (χ1v) is 23.2. The zero-order valence-electron chi connectivity index (χ0n) is 28.9. The fraction of sp³-hybridized carbons (Fsp3) is 0.364. The van der Waals surface area contributed by atoms with E-state index in [0.717, 1.165) is 0 Å². The molecule has 4 aromatic rings. The van der Waals surface area contributed by atoms with E-state index in [4.69, 9.17) is 0 Å². The van der Waals surface area contributed by atoms with Crippen molar-refractivity contribution < 1.29 is 20.3 Å². The van der Waals surface area contributed by atoms with Crippen LogP contribution in [0.4, 0.5) is 0 Å². The molecule has 0 N–H and O–H groups in total. The maximum atomic E-state index is 2.67. The molecule has 0 nitrogen and oxygen atoms in total. The van der Waals surface area contributed by atoms with Crippen molar-refractivity contribution in [3.8, 4) is 33.4 Å². The molecule has 4 aromatic carbocycles. The Labute approximate surface area is 277 Å². The molecule has 0 spiro atoms. The van der Waals surface area contributed by atoms with Gasteiger partial charge in [-0.1, -0.05) is 0 Å².